The second kappa shape index (κ2) is 5.73. The van der Waals surface area contributed by atoms with Crippen LogP contribution >= 0.6 is 0 Å². The van der Waals surface area contributed by atoms with Crippen LogP contribution in [-0.2, 0) is 0 Å². The van der Waals surface area contributed by atoms with Crippen molar-refractivity contribution in [3.05, 3.63) is 7.43 Å². The fourth-order valence-electron chi connectivity index (χ4n) is 0. The largest absolute Gasteiger partial charge is 1.00 e. The molecule has 2 heteroatoms. The molecule has 0 aliphatic rings. The predicted molar refractivity (Wildman–Crippen MR) is 28.4 cm³/mol. The molecule has 0 bridgehead atoms. The average Bonchev–Trinajstić information content (AvgIpc) is 0.722. The van der Waals surface area contributed by atoms with E-state index in [1.165, 1.54) is 0 Å². The molecule has 0 unspecified atom stereocenters. The Labute approximate surface area is 88.9 Å². The minimum absolute atomic E-state index is 0. The minimum Gasteiger partial charge on any atom is -0.391 e. The summed E-state index contributed by atoms with van der Waals surface area (Å²) >= 11 is 0. The zero-order valence-electron chi connectivity index (χ0n) is 5.95. The van der Waals surface area contributed by atoms with E-state index >= 15 is 0 Å². The Kier molecular flexibility index (Phi) is 13.0. The summed E-state index contributed by atoms with van der Waals surface area (Å²) in [6.07, 6.45) is 0. The summed E-state index contributed by atoms with van der Waals surface area (Å²) < 4.78 is 0. The van der Waals surface area contributed by atoms with Gasteiger partial charge in [-0.1, -0.05) is 0 Å². The summed E-state index contributed by atoms with van der Waals surface area (Å²) in [5.74, 6) is 0. The maximum absolute atomic E-state index is 8.52. The molecule has 0 aromatic heterocycles. The molecule has 0 aromatic carbocycles. The summed E-state index contributed by atoms with van der Waals surface area (Å²) in [7, 11) is 0. The van der Waals surface area contributed by atoms with Crippen molar-refractivity contribution in [2.75, 3.05) is 0 Å². The molecular formula is C5H13KO. The normalized spacial score (nSPS) is 8.57. The van der Waals surface area contributed by atoms with Gasteiger partial charge in [0.25, 0.3) is 0 Å². The topological polar surface area (TPSA) is 20.2 Å². The first kappa shape index (κ1) is 15.8. The van der Waals surface area contributed by atoms with Crippen molar-refractivity contribution in [1.82, 2.24) is 0 Å². The number of hydrogen-bond acceptors (Lipinski definition) is 1. The zero-order chi connectivity index (χ0) is 4.50. The fourth-order valence-corrected chi connectivity index (χ4v) is 0. The van der Waals surface area contributed by atoms with E-state index in [-0.39, 0.29) is 58.8 Å². The maximum Gasteiger partial charge on any atom is 1.00 e. The summed E-state index contributed by atoms with van der Waals surface area (Å²) in [5, 5.41) is 8.52. The van der Waals surface area contributed by atoms with E-state index in [0.717, 1.165) is 0 Å². The Morgan fingerprint density at radius 3 is 1.14 bits per heavy atom. The van der Waals surface area contributed by atoms with Crippen molar-refractivity contribution in [2.45, 2.75) is 26.4 Å². The van der Waals surface area contributed by atoms with Gasteiger partial charge in [-0.3, -0.25) is 0 Å². The van der Waals surface area contributed by atoms with Gasteiger partial charge in [0.05, 0.1) is 5.60 Å². The third-order valence-corrected chi connectivity index (χ3v) is 0. The molecule has 0 saturated heterocycles. The van der Waals surface area contributed by atoms with Gasteiger partial charge >= 0.3 is 51.4 Å². The molecule has 0 heterocycles. The average molecular weight is 128 g/mol. The molecule has 0 aromatic rings. The van der Waals surface area contributed by atoms with E-state index in [4.69, 9.17) is 5.11 Å². The van der Waals surface area contributed by atoms with Crippen LogP contribution in [0.2, 0.25) is 0 Å². The Bertz CT molecular complexity index is 23.6. The minimum atomic E-state index is -0.500. The summed E-state index contributed by atoms with van der Waals surface area (Å²) in [6, 6.07) is 0. The molecule has 0 aliphatic heterocycles. The standard InChI is InChI=1S/C4H10O.CH3.K/c1-4(2,3)5;;/h5H,1-3H3;1H3;/q;-1;+1. The molecule has 0 fully saturated rings. The van der Waals surface area contributed by atoms with Gasteiger partial charge in [-0.25, -0.2) is 0 Å². The van der Waals surface area contributed by atoms with Gasteiger partial charge in [0.1, 0.15) is 0 Å². The van der Waals surface area contributed by atoms with Crippen molar-refractivity contribution in [3.8, 4) is 0 Å². The molecule has 0 atom stereocenters. The third kappa shape index (κ3) is 93.4. The second-order valence-electron chi connectivity index (χ2n) is 2.17. The quantitative estimate of drug-likeness (QED) is 0.302. The molecule has 0 radical (unpaired) electrons. The Morgan fingerprint density at radius 1 is 1.14 bits per heavy atom. The summed E-state index contributed by atoms with van der Waals surface area (Å²) in [4.78, 5) is 0. The van der Waals surface area contributed by atoms with Crippen LogP contribution in [-0.4, -0.2) is 10.7 Å². The van der Waals surface area contributed by atoms with E-state index < -0.39 is 5.60 Å². The Balaban J connectivity index is -0.0000000800. The molecular weight excluding hydrogens is 115 g/mol. The van der Waals surface area contributed by atoms with Crippen LogP contribution in [0.3, 0.4) is 0 Å². The molecule has 1 N–H and O–H groups in total. The SMILES string of the molecule is CC(C)(C)O.[CH3-].[K+]. The molecule has 7 heavy (non-hydrogen) atoms. The van der Waals surface area contributed by atoms with Crippen molar-refractivity contribution < 1.29 is 56.5 Å². The van der Waals surface area contributed by atoms with Crippen LogP contribution in [0.25, 0.3) is 0 Å². The molecule has 40 valence electrons. The van der Waals surface area contributed by atoms with E-state index in [1.807, 2.05) is 0 Å². The third-order valence-electron chi connectivity index (χ3n) is 0. The van der Waals surface area contributed by atoms with Gasteiger partial charge in [0, 0.05) is 0 Å². The second-order valence-corrected chi connectivity index (χ2v) is 2.17. The van der Waals surface area contributed by atoms with Crippen LogP contribution in [0.5, 0.6) is 0 Å². The molecule has 0 aliphatic carbocycles. The van der Waals surface area contributed by atoms with Crippen molar-refractivity contribution in [3.63, 3.8) is 0 Å². The van der Waals surface area contributed by atoms with E-state index in [2.05, 4.69) is 0 Å². The predicted octanol–water partition coefficient (Wildman–Crippen LogP) is -1.77. The summed E-state index contributed by atoms with van der Waals surface area (Å²) in [6.45, 7) is 5.23. The van der Waals surface area contributed by atoms with Crippen LogP contribution in [0.15, 0.2) is 0 Å². The van der Waals surface area contributed by atoms with Crippen molar-refractivity contribution in [1.29, 1.82) is 0 Å². The van der Waals surface area contributed by atoms with Crippen molar-refractivity contribution in [2.24, 2.45) is 0 Å². The number of rotatable bonds is 0. The molecule has 0 amide bonds. The van der Waals surface area contributed by atoms with Gasteiger partial charge in [-0.2, -0.15) is 0 Å². The van der Waals surface area contributed by atoms with Crippen LogP contribution in [0, 0.1) is 7.43 Å². The van der Waals surface area contributed by atoms with Crippen molar-refractivity contribution >= 4 is 0 Å². The first-order chi connectivity index (χ1) is 2.00. The smallest absolute Gasteiger partial charge is 0.391 e. The van der Waals surface area contributed by atoms with E-state index in [0.29, 0.717) is 0 Å². The van der Waals surface area contributed by atoms with Crippen LogP contribution in [0.1, 0.15) is 20.8 Å². The van der Waals surface area contributed by atoms with Gasteiger partial charge in [0.15, 0.2) is 0 Å². The molecule has 1 nitrogen and oxygen atoms in total. The number of hydrogen-bond donors (Lipinski definition) is 1. The van der Waals surface area contributed by atoms with Gasteiger partial charge in [-0.05, 0) is 20.8 Å². The maximum atomic E-state index is 8.52. The molecule has 0 saturated carbocycles. The van der Waals surface area contributed by atoms with Gasteiger partial charge < -0.3 is 12.5 Å². The van der Waals surface area contributed by atoms with Gasteiger partial charge in [0.2, 0.25) is 0 Å². The van der Waals surface area contributed by atoms with Crippen LogP contribution in [0.4, 0.5) is 0 Å². The molecule has 0 rings (SSSR count). The number of aliphatic hydroxyl groups is 1. The first-order valence-corrected chi connectivity index (χ1v) is 1.72. The Morgan fingerprint density at radius 2 is 1.14 bits per heavy atom. The zero-order valence-corrected chi connectivity index (χ0v) is 9.07. The van der Waals surface area contributed by atoms with E-state index in [9.17, 15) is 0 Å². The molecule has 0 spiro atoms. The first-order valence-electron chi connectivity index (χ1n) is 1.72. The summed E-state index contributed by atoms with van der Waals surface area (Å²) in [5.41, 5.74) is -0.500. The van der Waals surface area contributed by atoms with E-state index in [1.54, 1.807) is 20.8 Å². The fraction of sp³-hybridized carbons (Fsp3) is 0.800. The van der Waals surface area contributed by atoms with Crippen LogP contribution < -0.4 is 51.4 Å². The monoisotopic (exact) mass is 128 g/mol. The van der Waals surface area contributed by atoms with Gasteiger partial charge in [-0.15, -0.1) is 0 Å². The Hall–Kier alpha value is 1.60.